The highest BCUT2D eigenvalue weighted by atomic mass is 16.5. The van der Waals surface area contributed by atoms with Crippen molar-refractivity contribution in [3.8, 4) is 0 Å². The summed E-state index contributed by atoms with van der Waals surface area (Å²) in [5.74, 6) is -1.96. The molecule has 27 heavy (non-hydrogen) atoms. The number of carbonyl (C=O) groups excluding carboxylic acids is 4. The third kappa shape index (κ3) is 3.72. The van der Waals surface area contributed by atoms with E-state index in [9.17, 15) is 19.2 Å². The van der Waals surface area contributed by atoms with Crippen molar-refractivity contribution in [1.29, 1.82) is 0 Å². The second kappa shape index (κ2) is 7.41. The van der Waals surface area contributed by atoms with Crippen molar-refractivity contribution in [1.82, 2.24) is 4.90 Å². The number of methoxy groups -OCH3 is 1. The van der Waals surface area contributed by atoms with Gasteiger partial charge < -0.3 is 10.1 Å². The number of aryl methyl sites for hydroxylation is 1. The standard InChI is InChI=1S/C20H18N2O5/c1-12-7-8-14(20(26)27-2)9-16(12)21-17(23)11-22-18(24)10-13-5-3-4-6-15(13)19(22)25/h3-9H,10-11H2,1-2H3,(H,21,23). The number of amides is 3. The normalized spacial score (nSPS) is 13.2. The van der Waals surface area contributed by atoms with Crippen LogP contribution in [0.25, 0.3) is 0 Å². The molecule has 0 aromatic heterocycles. The predicted molar refractivity (Wildman–Crippen MR) is 97.3 cm³/mol. The van der Waals surface area contributed by atoms with Crippen LogP contribution in [0.15, 0.2) is 42.5 Å². The van der Waals surface area contributed by atoms with Gasteiger partial charge >= 0.3 is 5.97 Å². The number of hydrogen-bond donors (Lipinski definition) is 1. The summed E-state index contributed by atoms with van der Waals surface area (Å²) in [6, 6.07) is 11.6. The van der Waals surface area contributed by atoms with Gasteiger partial charge in [0.05, 0.1) is 19.1 Å². The van der Waals surface area contributed by atoms with E-state index >= 15 is 0 Å². The van der Waals surface area contributed by atoms with Crippen LogP contribution in [0, 0.1) is 6.92 Å². The van der Waals surface area contributed by atoms with Gasteiger partial charge in [0.1, 0.15) is 6.54 Å². The number of benzene rings is 2. The molecule has 138 valence electrons. The minimum atomic E-state index is -0.527. The monoisotopic (exact) mass is 366 g/mol. The number of rotatable bonds is 4. The number of nitrogens with one attached hydrogen (secondary N) is 1. The Balaban J connectivity index is 1.76. The molecule has 0 saturated carbocycles. The topological polar surface area (TPSA) is 92.8 Å². The number of nitrogens with zero attached hydrogens (tertiary/aromatic N) is 1. The lowest BCUT2D eigenvalue weighted by molar-refractivity contribution is -0.131. The van der Waals surface area contributed by atoms with Gasteiger partial charge in [-0.2, -0.15) is 0 Å². The Morgan fingerprint density at radius 1 is 1.15 bits per heavy atom. The molecule has 1 heterocycles. The largest absolute Gasteiger partial charge is 0.465 e. The number of hydrogen-bond acceptors (Lipinski definition) is 5. The van der Waals surface area contributed by atoms with Crippen LogP contribution in [0.1, 0.15) is 31.8 Å². The van der Waals surface area contributed by atoms with Crippen molar-refractivity contribution >= 4 is 29.4 Å². The molecule has 2 aromatic carbocycles. The van der Waals surface area contributed by atoms with Crippen LogP contribution in [0.3, 0.4) is 0 Å². The number of anilines is 1. The van der Waals surface area contributed by atoms with Crippen molar-refractivity contribution in [2.24, 2.45) is 0 Å². The third-order valence-corrected chi connectivity index (χ3v) is 4.37. The van der Waals surface area contributed by atoms with E-state index in [1.54, 1.807) is 43.3 Å². The molecule has 1 aliphatic heterocycles. The lowest BCUT2D eigenvalue weighted by Gasteiger charge is -2.26. The van der Waals surface area contributed by atoms with Gasteiger partial charge in [-0.05, 0) is 36.2 Å². The van der Waals surface area contributed by atoms with Crippen molar-refractivity contribution in [3.05, 3.63) is 64.7 Å². The van der Waals surface area contributed by atoms with Crippen molar-refractivity contribution in [3.63, 3.8) is 0 Å². The molecule has 7 heteroatoms. The highest BCUT2D eigenvalue weighted by molar-refractivity contribution is 6.12. The quantitative estimate of drug-likeness (QED) is 0.659. The van der Waals surface area contributed by atoms with E-state index in [4.69, 9.17) is 0 Å². The zero-order chi connectivity index (χ0) is 19.6. The maximum absolute atomic E-state index is 12.5. The summed E-state index contributed by atoms with van der Waals surface area (Å²) >= 11 is 0. The predicted octanol–water partition coefficient (Wildman–Crippen LogP) is 1.95. The summed E-state index contributed by atoms with van der Waals surface area (Å²) in [6.07, 6.45) is 0.0754. The van der Waals surface area contributed by atoms with Crippen LogP contribution < -0.4 is 5.32 Å². The zero-order valence-corrected chi connectivity index (χ0v) is 14.9. The molecule has 0 radical (unpaired) electrons. The van der Waals surface area contributed by atoms with Gasteiger partial charge in [-0.15, -0.1) is 0 Å². The van der Waals surface area contributed by atoms with Crippen LogP contribution in [-0.2, 0) is 20.7 Å². The van der Waals surface area contributed by atoms with Crippen LogP contribution in [-0.4, -0.2) is 42.2 Å². The molecular weight excluding hydrogens is 348 g/mol. The maximum Gasteiger partial charge on any atom is 0.337 e. The zero-order valence-electron chi connectivity index (χ0n) is 14.9. The molecule has 0 aliphatic carbocycles. The van der Waals surface area contributed by atoms with E-state index in [0.29, 0.717) is 16.8 Å². The lowest BCUT2D eigenvalue weighted by Crippen LogP contribution is -2.46. The van der Waals surface area contributed by atoms with Gasteiger partial charge in [0.15, 0.2) is 0 Å². The summed E-state index contributed by atoms with van der Waals surface area (Å²) in [6.45, 7) is 1.37. The molecule has 7 nitrogen and oxygen atoms in total. The number of ether oxygens (including phenoxy) is 1. The van der Waals surface area contributed by atoms with Crippen LogP contribution in [0.2, 0.25) is 0 Å². The van der Waals surface area contributed by atoms with E-state index < -0.39 is 30.2 Å². The van der Waals surface area contributed by atoms with E-state index in [1.165, 1.54) is 13.2 Å². The smallest absolute Gasteiger partial charge is 0.337 e. The van der Waals surface area contributed by atoms with Gasteiger partial charge in [-0.3, -0.25) is 19.3 Å². The first kappa shape index (κ1) is 18.3. The Bertz CT molecular complexity index is 951. The highest BCUT2D eigenvalue weighted by Crippen LogP contribution is 2.21. The average molecular weight is 366 g/mol. The fourth-order valence-corrected chi connectivity index (χ4v) is 2.89. The van der Waals surface area contributed by atoms with Crippen LogP contribution in [0.4, 0.5) is 5.69 Å². The molecule has 3 rings (SSSR count). The summed E-state index contributed by atoms with van der Waals surface area (Å²) in [5, 5.41) is 2.65. The Labute approximate surface area is 155 Å². The minimum absolute atomic E-state index is 0.0754. The molecule has 0 saturated heterocycles. The fraction of sp³-hybridized carbons (Fsp3) is 0.200. The molecule has 3 amide bonds. The number of carbonyl (C=O) groups is 4. The van der Waals surface area contributed by atoms with Crippen LogP contribution >= 0.6 is 0 Å². The fourth-order valence-electron chi connectivity index (χ4n) is 2.89. The van der Waals surface area contributed by atoms with Gasteiger partial charge in [-0.25, -0.2) is 4.79 Å². The molecule has 0 atom stereocenters. The summed E-state index contributed by atoms with van der Waals surface area (Å²) in [7, 11) is 1.27. The summed E-state index contributed by atoms with van der Waals surface area (Å²) < 4.78 is 4.67. The first-order valence-corrected chi connectivity index (χ1v) is 8.32. The lowest BCUT2D eigenvalue weighted by atomic mass is 9.98. The van der Waals surface area contributed by atoms with Crippen molar-refractivity contribution in [2.45, 2.75) is 13.3 Å². The summed E-state index contributed by atoms with van der Waals surface area (Å²) in [5.41, 5.74) is 2.52. The second-order valence-corrected chi connectivity index (χ2v) is 6.19. The Morgan fingerprint density at radius 3 is 2.63 bits per heavy atom. The average Bonchev–Trinajstić information content (AvgIpc) is 2.66. The molecular formula is C20H18N2O5. The van der Waals surface area contributed by atoms with E-state index in [2.05, 4.69) is 10.1 Å². The van der Waals surface area contributed by atoms with Gasteiger partial charge in [0.25, 0.3) is 5.91 Å². The second-order valence-electron chi connectivity index (χ2n) is 6.19. The first-order chi connectivity index (χ1) is 12.9. The molecule has 0 fully saturated rings. The minimum Gasteiger partial charge on any atom is -0.465 e. The first-order valence-electron chi connectivity index (χ1n) is 8.32. The SMILES string of the molecule is COC(=O)c1ccc(C)c(NC(=O)CN2C(=O)Cc3ccccc3C2=O)c1. The van der Waals surface area contributed by atoms with E-state index in [1.807, 2.05) is 0 Å². The number of fused-ring (bicyclic) bond motifs is 1. The van der Waals surface area contributed by atoms with E-state index in [0.717, 1.165) is 10.5 Å². The van der Waals surface area contributed by atoms with Crippen molar-refractivity contribution in [2.75, 3.05) is 19.0 Å². The Kier molecular flexibility index (Phi) is 5.03. The molecule has 0 unspecified atom stereocenters. The highest BCUT2D eigenvalue weighted by Gasteiger charge is 2.32. The Hall–Kier alpha value is -3.48. The Morgan fingerprint density at radius 2 is 1.89 bits per heavy atom. The van der Waals surface area contributed by atoms with Gasteiger partial charge in [0, 0.05) is 11.3 Å². The number of imide groups is 1. The maximum atomic E-state index is 12.5. The number of esters is 1. The summed E-state index contributed by atoms with van der Waals surface area (Å²) in [4.78, 5) is 49.8. The third-order valence-electron chi connectivity index (χ3n) is 4.37. The van der Waals surface area contributed by atoms with Crippen molar-refractivity contribution < 1.29 is 23.9 Å². The van der Waals surface area contributed by atoms with Crippen LogP contribution in [0.5, 0.6) is 0 Å². The molecule has 0 spiro atoms. The molecule has 2 aromatic rings. The molecule has 0 bridgehead atoms. The molecule has 1 N–H and O–H groups in total. The van der Waals surface area contributed by atoms with Gasteiger partial charge in [0.2, 0.25) is 11.8 Å². The van der Waals surface area contributed by atoms with Gasteiger partial charge in [-0.1, -0.05) is 24.3 Å². The van der Waals surface area contributed by atoms with E-state index in [-0.39, 0.29) is 12.0 Å². The molecule has 1 aliphatic rings.